The van der Waals surface area contributed by atoms with Crippen LogP contribution in [-0.2, 0) is 14.4 Å². The number of non-ortho nitro benzene ring substituents is 1. The molecule has 1 aliphatic heterocycles. The lowest BCUT2D eigenvalue weighted by Crippen LogP contribution is -2.60. The maximum atomic E-state index is 12.9. The summed E-state index contributed by atoms with van der Waals surface area (Å²) in [6, 6.07) is 5.36. The lowest BCUT2D eigenvalue weighted by Gasteiger charge is -2.47. The smallest absolute Gasteiger partial charge is 0.269 e. The Morgan fingerprint density at radius 3 is 2.46 bits per heavy atom. The molecule has 2 atom stereocenters. The van der Waals surface area contributed by atoms with Crippen LogP contribution in [-0.4, -0.2) is 34.1 Å². The molecule has 2 fully saturated rings. The van der Waals surface area contributed by atoms with Crippen LogP contribution in [0.4, 0.5) is 11.4 Å². The highest BCUT2D eigenvalue weighted by Gasteiger charge is 2.64. The number of likely N-dealkylation sites (tertiary alicyclic amines) is 1. The summed E-state index contributed by atoms with van der Waals surface area (Å²) in [5.41, 5.74) is -0.797. The fourth-order valence-electron chi connectivity index (χ4n) is 4.06. The fraction of sp³-hybridized carbons (Fsp3) is 0.500. The van der Waals surface area contributed by atoms with Crippen LogP contribution in [0.3, 0.4) is 0 Å². The van der Waals surface area contributed by atoms with Gasteiger partial charge in [-0.1, -0.05) is 20.8 Å². The van der Waals surface area contributed by atoms with Crippen LogP contribution in [0.1, 0.15) is 33.6 Å². The van der Waals surface area contributed by atoms with Gasteiger partial charge in [0, 0.05) is 23.7 Å². The summed E-state index contributed by atoms with van der Waals surface area (Å²) in [5.74, 6) is -1.38. The van der Waals surface area contributed by atoms with Gasteiger partial charge in [-0.15, -0.1) is 0 Å². The molecule has 1 heterocycles. The molecule has 0 aromatic heterocycles. The monoisotopic (exact) mass is 359 g/mol. The number of anilines is 1. The van der Waals surface area contributed by atoms with Crippen LogP contribution in [0, 0.1) is 26.9 Å². The molecule has 1 aromatic carbocycles. The average Bonchev–Trinajstić information content (AvgIpc) is 2.76. The van der Waals surface area contributed by atoms with E-state index in [-0.39, 0.29) is 30.0 Å². The van der Waals surface area contributed by atoms with Crippen LogP contribution in [0.25, 0.3) is 0 Å². The van der Waals surface area contributed by atoms with E-state index < -0.39 is 21.7 Å². The molecule has 8 nitrogen and oxygen atoms in total. The van der Waals surface area contributed by atoms with Gasteiger partial charge in [-0.3, -0.25) is 29.4 Å². The average molecular weight is 359 g/mol. The number of hydrogen-bond acceptors (Lipinski definition) is 5. The number of nitrogens with zero attached hydrogens (tertiary/aromatic N) is 2. The van der Waals surface area contributed by atoms with Gasteiger partial charge < -0.3 is 5.32 Å². The Morgan fingerprint density at radius 2 is 1.88 bits per heavy atom. The predicted octanol–water partition coefficient (Wildman–Crippen LogP) is 2.34. The van der Waals surface area contributed by atoms with Crippen LogP contribution >= 0.6 is 0 Å². The van der Waals surface area contributed by atoms with E-state index in [2.05, 4.69) is 5.32 Å². The SMILES string of the molecule is CC12CCC(C(=O)N(CC(=O)Nc3ccc([N+](=O)[O-])cc3)C1=O)C2(C)C. The van der Waals surface area contributed by atoms with Gasteiger partial charge in [0.15, 0.2) is 0 Å². The van der Waals surface area contributed by atoms with Gasteiger partial charge in [0.1, 0.15) is 6.54 Å². The van der Waals surface area contributed by atoms with Gasteiger partial charge in [-0.05, 0) is 30.4 Å². The highest BCUT2D eigenvalue weighted by molar-refractivity contribution is 6.07. The molecule has 2 bridgehead atoms. The van der Waals surface area contributed by atoms with Crippen LogP contribution < -0.4 is 5.32 Å². The number of hydrogen-bond donors (Lipinski definition) is 1. The Kier molecular flexibility index (Phi) is 4.09. The Bertz CT molecular complexity index is 802. The summed E-state index contributed by atoms with van der Waals surface area (Å²) in [4.78, 5) is 49.1. The second-order valence-corrected chi connectivity index (χ2v) is 7.73. The number of nitro benzene ring substituents is 1. The van der Waals surface area contributed by atoms with Crippen molar-refractivity contribution in [3.8, 4) is 0 Å². The molecule has 0 spiro atoms. The third-order valence-corrected chi connectivity index (χ3v) is 6.17. The van der Waals surface area contributed by atoms with Crippen LogP contribution in [0.5, 0.6) is 0 Å². The lowest BCUT2D eigenvalue weighted by atomic mass is 9.62. The van der Waals surface area contributed by atoms with Crippen molar-refractivity contribution in [3.63, 3.8) is 0 Å². The number of amides is 3. The molecular formula is C18H21N3O5. The van der Waals surface area contributed by atoms with Crippen molar-refractivity contribution in [2.24, 2.45) is 16.7 Å². The zero-order valence-electron chi connectivity index (χ0n) is 14.9. The summed E-state index contributed by atoms with van der Waals surface area (Å²) < 4.78 is 0. The summed E-state index contributed by atoms with van der Waals surface area (Å²) in [7, 11) is 0. The van der Waals surface area contributed by atoms with E-state index in [1.165, 1.54) is 24.3 Å². The Labute approximate surface area is 150 Å². The molecular weight excluding hydrogens is 338 g/mol. The van der Waals surface area contributed by atoms with Gasteiger partial charge >= 0.3 is 0 Å². The number of nitrogens with one attached hydrogen (secondary N) is 1. The number of piperidine rings is 1. The summed E-state index contributed by atoms with van der Waals surface area (Å²) in [6.07, 6.45) is 1.28. The molecule has 3 amide bonds. The fourth-order valence-corrected chi connectivity index (χ4v) is 4.06. The molecule has 0 radical (unpaired) electrons. The minimum Gasteiger partial charge on any atom is -0.325 e. The molecule has 1 aliphatic carbocycles. The van der Waals surface area contributed by atoms with E-state index in [9.17, 15) is 24.5 Å². The van der Waals surface area contributed by atoms with E-state index in [0.717, 1.165) is 4.90 Å². The molecule has 3 rings (SSSR count). The van der Waals surface area contributed by atoms with Crippen molar-refractivity contribution in [2.75, 3.05) is 11.9 Å². The largest absolute Gasteiger partial charge is 0.325 e. The van der Waals surface area contributed by atoms with Crippen molar-refractivity contribution in [3.05, 3.63) is 34.4 Å². The van der Waals surface area contributed by atoms with E-state index in [4.69, 9.17) is 0 Å². The van der Waals surface area contributed by atoms with Crippen molar-refractivity contribution < 1.29 is 19.3 Å². The number of carbonyl (C=O) groups is 3. The third kappa shape index (κ3) is 2.56. The molecule has 26 heavy (non-hydrogen) atoms. The zero-order chi connectivity index (χ0) is 19.3. The zero-order valence-corrected chi connectivity index (χ0v) is 14.9. The molecule has 1 aromatic rings. The van der Waals surface area contributed by atoms with Gasteiger partial charge in [-0.25, -0.2) is 0 Å². The summed E-state index contributed by atoms with van der Waals surface area (Å²) in [5, 5.41) is 13.2. The normalized spacial score (nSPS) is 26.7. The number of fused-ring (bicyclic) bond motifs is 2. The molecule has 1 N–H and O–H groups in total. The number of carbonyl (C=O) groups excluding carboxylic acids is 3. The van der Waals surface area contributed by atoms with Gasteiger partial charge in [0.05, 0.1) is 10.3 Å². The first-order chi connectivity index (χ1) is 12.1. The minimum atomic E-state index is -0.654. The highest BCUT2D eigenvalue weighted by Crippen LogP contribution is 2.59. The van der Waals surface area contributed by atoms with Crippen LogP contribution in [0.15, 0.2) is 24.3 Å². The number of benzene rings is 1. The van der Waals surface area contributed by atoms with Gasteiger partial charge in [0.25, 0.3) is 5.69 Å². The molecule has 2 unspecified atom stereocenters. The standard InChI is InChI=1S/C18H21N3O5/c1-17(2)13-8-9-18(17,3)16(24)20(15(13)23)10-14(22)19-11-4-6-12(7-5-11)21(25)26/h4-7,13H,8-10H2,1-3H3,(H,19,22). The Balaban J connectivity index is 1.72. The van der Waals surface area contributed by atoms with Crippen molar-refractivity contribution in [2.45, 2.75) is 33.6 Å². The topological polar surface area (TPSA) is 110 Å². The van der Waals surface area contributed by atoms with Gasteiger partial charge in [-0.2, -0.15) is 0 Å². The van der Waals surface area contributed by atoms with E-state index in [1.54, 1.807) is 0 Å². The molecule has 1 saturated heterocycles. The molecule has 2 aliphatic rings. The second kappa shape index (κ2) is 5.89. The molecule has 1 saturated carbocycles. The first-order valence-electron chi connectivity index (χ1n) is 8.48. The highest BCUT2D eigenvalue weighted by atomic mass is 16.6. The summed E-state index contributed by atoms with van der Waals surface area (Å²) in [6.45, 7) is 5.39. The summed E-state index contributed by atoms with van der Waals surface area (Å²) >= 11 is 0. The van der Waals surface area contributed by atoms with E-state index in [1.807, 2.05) is 20.8 Å². The number of nitro groups is 1. The van der Waals surface area contributed by atoms with E-state index in [0.29, 0.717) is 18.5 Å². The van der Waals surface area contributed by atoms with Crippen molar-refractivity contribution in [1.29, 1.82) is 0 Å². The van der Waals surface area contributed by atoms with Crippen molar-refractivity contribution >= 4 is 29.1 Å². The third-order valence-electron chi connectivity index (χ3n) is 6.17. The first-order valence-corrected chi connectivity index (χ1v) is 8.48. The predicted molar refractivity (Wildman–Crippen MR) is 93.1 cm³/mol. The Hall–Kier alpha value is -2.77. The van der Waals surface area contributed by atoms with Crippen LogP contribution in [0.2, 0.25) is 0 Å². The first kappa shape index (κ1) is 18.0. The maximum absolute atomic E-state index is 12.9. The molecule has 8 heteroatoms. The molecule has 138 valence electrons. The van der Waals surface area contributed by atoms with E-state index >= 15 is 0 Å². The van der Waals surface area contributed by atoms with Gasteiger partial charge in [0.2, 0.25) is 17.7 Å². The number of rotatable bonds is 4. The van der Waals surface area contributed by atoms with Crippen molar-refractivity contribution in [1.82, 2.24) is 4.90 Å². The lowest BCUT2D eigenvalue weighted by molar-refractivity contribution is -0.384. The Morgan fingerprint density at radius 1 is 1.27 bits per heavy atom. The maximum Gasteiger partial charge on any atom is 0.269 e. The minimum absolute atomic E-state index is 0.0869. The second-order valence-electron chi connectivity index (χ2n) is 7.73. The number of imide groups is 1. The quantitative estimate of drug-likeness (QED) is 0.504.